The van der Waals surface area contributed by atoms with E-state index in [4.69, 9.17) is 4.74 Å². The van der Waals surface area contributed by atoms with Crippen LogP contribution in [0.4, 0.5) is 0 Å². The minimum atomic E-state index is -0.368. The highest BCUT2D eigenvalue weighted by atomic mass is 16.5. The summed E-state index contributed by atoms with van der Waals surface area (Å²) in [7, 11) is 1.77. The quantitative estimate of drug-likeness (QED) is 0.550. The van der Waals surface area contributed by atoms with Crippen molar-refractivity contribution in [1.29, 1.82) is 0 Å². The van der Waals surface area contributed by atoms with E-state index in [0.29, 0.717) is 0 Å². The zero-order valence-corrected chi connectivity index (χ0v) is 7.62. The molecule has 4 heteroatoms. The molecule has 0 radical (unpaired) electrons. The van der Waals surface area contributed by atoms with Crippen LogP contribution >= 0.6 is 0 Å². The van der Waals surface area contributed by atoms with E-state index < -0.39 is 0 Å². The number of hydrogen-bond acceptors (Lipinski definition) is 4. The maximum atomic E-state index is 9.22. The first kappa shape index (κ1) is 9.92. The lowest BCUT2D eigenvalue weighted by Gasteiger charge is -2.27. The Morgan fingerprint density at radius 1 is 1.50 bits per heavy atom. The molecule has 0 saturated carbocycles. The van der Waals surface area contributed by atoms with Gasteiger partial charge in [0.1, 0.15) is 6.23 Å². The lowest BCUT2D eigenvalue weighted by atomic mass is 10.3. The van der Waals surface area contributed by atoms with Crippen LogP contribution in [0.15, 0.2) is 0 Å². The number of hydrogen-bond donors (Lipinski definition) is 2. The zero-order chi connectivity index (χ0) is 8.81. The van der Waals surface area contributed by atoms with Crippen LogP contribution in [0.2, 0.25) is 0 Å². The van der Waals surface area contributed by atoms with E-state index in [9.17, 15) is 5.11 Å². The molecule has 1 aliphatic rings. The lowest BCUT2D eigenvalue weighted by Crippen LogP contribution is -2.39. The van der Waals surface area contributed by atoms with Crippen molar-refractivity contribution in [3.63, 3.8) is 0 Å². The van der Waals surface area contributed by atoms with Crippen molar-refractivity contribution < 1.29 is 9.84 Å². The Balaban J connectivity index is 2.05. The third kappa shape index (κ3) is 3.49. The Hall–Kier alpha value is -0.160. The fourth-order valence-corrected chi connectivity index (χ4v) is 1.27. The van der Waals surface area contributed by atoms with Crippen molar-refractivity contribution in [3.05, 3.63) is 0 Å². The average molecular weight is 174 g/mol. The van der Waals surface area contributed by atoms with E-state index in [1.165, 1.54) is 0 Å². The topological polar surface area (TPSA) is 44.7 Å². The average Bonchev–Trinajstić information content (AvgIpc) is 2.16. The van der Waals surface area contributed by atoms with Crippen LogP contribution < -0.4 is 5.32 Å². The predicted molar refractivity (Wildman–Crippen MR) is 46.9 cm³/mol. The number of nitrogens with one attached hydrogen (secondary N) is 1. The van der Waals surface area contributed by atoms with E-state index in [-0.39, 0.29) is 6.23 Å². The molecule has 2 N–H and O–H groups in total. The SMILES string of the molecule is CN[C@@H](O)CCN1CCOCC1. The Bertz CT molecular complexity index is 116. The van der Waals surface area contributed by atoms with Crippen LogP contribution in [0.3, 0.4) is 0 Å². The molecule has 1 aliphatic heterocycles. The first-order valence-corrected chi connectivity index (χ1v) is 4.48. The van der Waals surface area contributed by atoms with Gasteiger partial charge in [-0.15, -0.1) is 0 Å². The standard InChI is InChI=1S/C8H18N2O2/c1-9-8(11)2-3-10-4-6-12-7-5-10/h8-9,11H,2-7H2,1H3/t8-/m0/s1. The van der Waals surface area contributed by atoms with Crippen molar-refractivity contribution in [2.75, 3.05) is 39.9 Å². The molecule has 0 aromatic rings. The second-order valence-corrected chi connectivity index (χ2v) is 3.05. The van der Waals surface area contributed by atoms with Gasteiger partial charge in [-0.1, -0.05) is 0 Å². The molecule has 1 fully saturated rings. The van der Waals surface area contributed by atoms with Crippen molar-refractivity contribution in [2.24, 2.45) is 0 Å². The maximum Gasteiger partial charge on any atom is 0.105 e. The summed E-state index contributed by atoms with van der Waals surface area (Å²) in [5.41, 5.74) is 0. The molecule has 1 heterocycles. The van der Waals surface area contributed by atoms with E-state index in [2.05, 4.69) is 10.2 Å². The highest BCUT2D eigenvalue weighted by Crippen LogP contribution is 1.98. The summed E-state index contributed by atoms with van der Waals surface area (Å²) in [4.78, 5) is 2.31. The van der Waals surface area contributed by atoms with Gasteiger partial charge in [0.15, 0.2) is 0 Å². The van der Waals surface area contributed by atoms with E-state index in [1.54, 1.807) is 7.05 Å². The van der Waals surface area contributed by atoms with Crippen molar-refractivity contribution >= 4 is 0 Å². The summed E-state index contributed by atoms with van der Waals surface area (Å²) in [6.45, 7) is 4.60. The summed E-state index contributed by atoms with van der Waals surface area (Å²) in [5.74, 6) is 0. The number of ether oxygens (including phenoxy) is 1. The molecule has 0 spiro atoms. The van der Waals surface area contributed by atoms with E-state index >= 15 is 0 Å². The number of aliphatic hydroxyl groups is 1. The van der Waals surface area contributed by atoms with Gasteiger partial charge in [-0.3, -0.25) is 10.2 Å². The molecule has 1 atom stereocenters. The van der Waals surface area contributed by atoms with Crippen LogP contribution in [0.5, 0.6) is 0 Å². The molecule has 1 saturated heterocycles. The predicted octanol–water partition coefficient (Wildman–Crippen LogP) is -0.753. The molecule has 0 amide bonds. The highest BCUT2D eigenvalue weighted by Gasteiger charge is 2.10. The fourth-order valence-electron chi connectivity index (χ4n) is 1.27. The molecule has 0 unspecified atom stereocenters. The fraction of sp³-hybridized carbons (Fsp3) is 1.00. The maximum absolute atomic E-state index is 9.22. The van der Waals surface area contributed by atoms with Crippen molar-refractivity contribution in [1.82, 2.24) is 10.2 Å². The van der Waals surface area contributed by atoms with Crippen molar-refractivity contribution in [3.8, 4) is 0 Å². The number of aliphatic hydroxyl groups excluding tert-OH is 1. The van der Waals surface area contributed by atoms with E-state index in [1.807, 2.05) is 0 Å². The van der Waals surface area contributed by atoms with Crippen LogP contribution in [0.1, 0.15) is 6.42 Å². The van der Waals surface area contributed by atoms with Gasteiger partial charge in [0.25, 0.3) is 0 Å². The van der Waals surface area contributed by atoms with Crippen LogP contribution in [-0.2, 0) is 4.74 Å². The van der Waals surface area contributed by atoms with Gasteiger partial charge >= 0.3 is 0 Å². The summed E-state index contributed by atoms with van der Waals surface area (Å²) in [5, 5.41) is 12.0. The van der Waals surface area contributed by atoms with E-state index in [0.717, 1.165) is 39.3 Å². The number of morpholine rings is 1. The Morgan fingerprint density at radius 2 is 2.17 bits per heavy atom. The lowest BCUT2D eigenvalue weighted by molar-refractivity contribution is 0.0279. The molecule has 0 aromatic heterocycles. The number of rotatable bonds is 4. The van der Waals surface area contributed by atoms with Gasteiger partial charge in [-0.05, 0) is 13.5 Å². The highest BCUT2D eigenvalue weighted by molar-refractivity contribution is 4.63. The second kappa shape index (κ2) is 5.48. The molecule has 12 heavy (non-hydrogen) atoms. The molecular weight excluding hydrogens is 156 g/mol. The van der Waals surface area contributed by atoms with Crippen LogP contribution in [-0.4, -0.2) is 56.1 Å². The molecule has 0 bridgehead atoms. The molecular formula is C8H18N2O2. The Labute approximate surface area is 73.5 Å². The largest absolute Gasteiger partial charge is 0.379 e. The normalized spacial score (nSPS) is 22.5. The van der Waals surface area contributed by atoms with Crippen molar-refractivity contribution in [2.45, 2.75) is 12.6 Å². The third-order valence-electron chi connectivity index (χ3n) is 2.16. The van der Waals surface area contributed by atoms with Gasteiger partial charge < -0.3 is 9.84 Å². The van der Waals surface area contributed by atoms with Gasteiger partial charge in [-0.2, -0.15) is 0 Å². The molecule has 4 nitrogen and oxygen atoms in total. The molecule has 0 aromatic carbocycles. The summed E-state index contributed by atoms with van der Waals surface area (Å²) >= 11 is 0. The smallest absolute Gasteiger partial charge is 0.105 e. The minimum absolute atomic E-state index is 0.368. The van der Waals surface area contributed by atoms with Gasteiger partial charge in [-0.25, -0.2) is 0 Å². The monoisotopic (exact) mass is 174 g/mol. The zero-order valence-electron chi connectivity index (χ0n) is 7.62. The molecule has 72 valence electrons. The van der Waals surface area contributed by atoms with Gasteiger partial charge in [0.2, 0.25) is 0 Å². The summed E-state index contributed by atoms with van der Waals surface area (Å²) < 4.78 is 5.21. The first-order chi connectivity index (χ1) is 5.83. The van der Waals surface area contributed by atoms with Crippen LogP contribution in [0, 0.1) is 0 Å². The second-order valence-electron chi connectivity index (χ2n) is 3.05. The van der Waals surface area contributed by atoms with Gasteiger partial charge in [0.05, 0.1) is 13.2 Å². The van der Waals surface area contributed by atoms with Crippen LogP contribution in [0.25, 0.3) is 0 Å². The third-order valence-corrected chi connectivity index (χ3v) is 2.16. The Morgan fingerprint density at radius 3 is 2.75 bits per heavy atom. The van der Waals surface area contributed by atoms with Gasteiger partial charge in [0, 0.05) is 19.6 Å². The summed E-state index contributed by atoms with van der Waals surface area (Å²) in [6.07, 6.45) is 0.420. The molecule has 0 aliphatic carbocycles. The first-order valence-electron chi connectivity index (χ1n) is 4.48. The summed E-state index contributed by atoms with van der Waals surface area (Å²) in [6, 6.07) is 0. The number of nitrogens with zero attached hydrogens (tertiary/aromatic N) is 1. The Kier molecular flexibility index (Phi) is 4.53. The minimum Gasteiger partial charge on any atom is -0.379 e. The molecule has 1 rings (SSSR count).